The van der Waals surface area contributed by atoms with Crippen molar-refractivity contribution in [3.63, 3.8) is 0 Å². The molecule has 2 aromatic rings. The highest BCUT2D eigenvalue weighted by atomic mass is 35.5. The lowest BCUT2D eigenvalue weighted by Crippen LogP contribution is -2.09. The molecule has 2 rings (SSSR count). The molecule has 0 fully saturated rings. The Labute approximate surface area is 119 Å². The van der Waals surface area contributed by atoms with Gasteiger partial charge in [0, 0.05) is 6.07 Å². The van der Waals surface area contributed by atoms with Gasteiger partial charge in [0.1, 0.15) is 11.8 Å². The fourth-order valence-corrected chi connectivity index (χ4v) is 1.86. The standard InChI is InChI=1S/C14H7Cl2NO2/c15-12-4-2-1-3-11(12)14(18)19-10-6-5-9(8-17)13(16)7-10/h1-7H. The molecule has 0 saturated carbocycles. The van der Waals surface area contributed by atoms with Crippen molar-refractivity contribution in [1.82, 2.24) is 0 Å². The zero-order valence-electron chi connectivity index (χ0n) is 9.56. The summed E-state index contributed by atoms with van der Waals surface area (Å²) < 4.78 is 5.14. The van der Waals surface area contributed by atoms with Gasteiger partial charge in [-0.1, -0.05) is 35.3 Å². The van der Waals surface area contributed by atoms with Gasteiger partial charge in [-0.3, -0.25) is 0 Å². The van der Waals surface area contributed by atoms with Crippen LogP contribution in [0.5, 0.6) is 5.75 Å². The van der Waals surface area contributed by atoms with E-state index in [0.717, 1.165) is 0 Å². The molecule has 2 aromatic carbocycles. The summed E-state index contributed by atoms with van der Waals surface area (Å²) in [6.45, 7) is 0. The van der Waals surface area contributed by atoms with Crippen LogP contribution < -0.4 is 4.74 Å². The fraction of sp³-hybridized carbons (Fsp3) is 0. The first kappa shape index (κ1) is 13.4. The molecule has 0 aliphatic rings. The van der Waals surface area contributed by atoms with E-state index in [2.05, 4.69) is 0 Å². The molecule has 0 amide bonds. The van der Waals surface area contributed by atoms with Gasteiger partial charge in [0.2, 0.25) is 0 Å². The summed E-state index contributed by atoms with van der Waals surface area (Å²) in [5.74, 6) is -0.319. The van der Waals surface area contributed by atoms with E-state index in [9.17, 15) is 4.79 Å². The summed E-state index contributed by atoms with van der Waals surface area (Å²) in [6, 6.07) is 12.9. The van der Waals surface area contributed by atoms with Crippen molar-refractivity contribution in [2.75, 3.05) is 0 Å². The van der Waals surface area contributed by atoms with E-state index in [1.165, 1.54) is 18.2 Å². The number of halogens is 2. The highest BCUT2D eigenvalue weighted by Gasteiger charge is 2.12. The van der Waals surface area contributed by atoms with Crippen LogP contribution in [0.3, 0.4) is 0 Å². The van der Waals surface area contributed by atoms with Gasteiger partial charge in [0.25, 0.3) is 0 Å². The zero-order chi connectivity index (χ0) is 13.8. The molecule has 0 saturated heterocycles. The summed E-state index contributed by atoms with van der Waals surface area (Å²) in [4.78, 5) is 11.9. The van der Waals surface area contributed by atoms with Gasteiger partial charge in [-0.15, -0.1) is 0 Å². The molecule has 0 aliphatic carbocycles. The second-order valence-corrected chi connectivity index (χ2v) is 4.44. The van der Waals surface area contributed by atoms with E-state index in [0.29, 0.717) is 10.6 Å². The number of rotatable bonds is 2. The van der Waals surface area contributed by atoms with Gasteiger partial charge < -0.3 is 4.74 Å². The van der Waals surface area contributed by atoms with Crippen LogP contribution in [0.15, 0.2) is 42.5 Å². The summed E-state index contributed by atoms with van der Waals surface area (Å²) in [6.07, 6.45) is 0. The topological polar surface area (TPSA) is 50.1 Å². The molecule has 19 heavy (non-hydrogen) atoms. The Morgan fingerprint density at radius 1 is 1.11 bits per heavy atom. The quantitative estimate of drug-likeness (QED) is 0.619. The van der Waals surface area contributed by atoms with E-state index >= 15 is 0 Å². The lowest BCUT2D eigenvalue weighted by atomic mass is 10.2. The van der Waals surface area contributed by atoms with Crippen molar-refractivity contribution in [2.24, 2.45) is 0 Å². The monoisotopic (exact) mass is 291 g/mol. The molecule has 5 heteroatoms. The van der Waals surface area contributed by atoms with Gasteiger partial charge in [-0.25, -0.2) is 4.79 Å². The summed E-state index contributed by atoms with van der Waals surface area (Å²) in [5.41, 5.74) is 0.587. The average Bonchev–Trinajstić information content (AvgIpc) is 2.39. The van der Waals surface area contributed by atoms with Crippen LogP contribution in [0.1, 0.15) is 15.9 Å². The number of hydrogen-bond donors (Lipinski definition) is 0. The third-order valence-electron chi connectivity index (χ3n) is 2.37. The third kappa shape index (κ3) is 3.05. The Bertz CT molecular complexity index is 677. The Balaban J connectivity index is 2.23. The van der Waals surface area contributed by atoms with E-state index in [1.54, 1.807) is 24.3 Å². The van der Waals surface area contributed by atoms with Gasteiger partial charge >= 0.3 is 5.97 Å². The van der Waals surface area contributed by atoms with Gasteiger partial charge in [0.05, 0.1) is 21.2 Å². The fourth-order valence-electron chi connectivity index (χ4n) is 1.44. The molecule has 0 N–H and O–H groups in total. The number of carbonyl (C=O) groups excluding carboxylic acids is 1. The Morgan fingerprint density at radius 3 is 2.47 bits per heavy atom. The van der Waals surface area contributed by atoms with Crippen LogP contribution in [0.25, 0.3) is 0 Å². The second-order valence-electron chi connectivity index (χ2n) is 3.62. The summed E-state index contributed by atoms with van der Waals surface area (Å²) >= 11 is 11.7. The number of nitriles is 1. The van der Waals surface area contributed by atoms with Crippen LogP contribution >= 0.6 is 23.2 Å². The maximum Gasteiger partial charge on any atom is 0.345 e. The molecule has 0 radical (unpaired) electrons. The average molecular weight is 292 g/mol. The van der Waals surface area contributed by atoms with Crippen LogP contribution in [0.4, 0.5) is 0 Å². The number of benzene rings is 2. The molecule has 0 aromatic heterocycles. The molecular formula is C14H7Cl2NO2. The van der Waals surface area contributed by atoms with Gasteiger partial charge in [-0.2, -0.15) is 5.26 Å². The smallest absolute Gasteiger partial charge is 0.345 e. The molecule has 94 valence electrons. The van der Waals surface area contributed by atoms with Crippen molar-refractivity contribution in [2.45, 2.75) is 0 Å². The maximum atomic E-state index is 11.9. The minimum Gasteiger partial charge on any atom is -0.423 e. The predicted octanol–water partition coefficient (Wildman–Crippen LogP) is 4.08. The molecule has 0 atom stereocenters. The zero-order valence-corrected chi connectivity index (χ0v) is 11.1. The second kappa shape index (κ2) is 5.75. The van der Waals surface area contributed by atoms with Crippen molar-refractivity contribution >= 4 is 29.2 Å². The van der Waals surface area contributed by atoms with Gasteiger partial charge in [0.15, 0.2) is 0 Å². The maximum absolute atomic E-state index is 11.9. The first-order valence-corrected chi connectivity index (χ1v) is 6.04. The third-order valence-corrected chi connectivity index (χ3v) is 3.01. The van der Waals surface area contributed by atoms with Crippen molar-refractivity contribution in [1.29, 1.82) is 5.26 Å². The first-order chi connectivity index (χ1) is 9.11. The molecule has 3 nitrogen and oxygen atoms in total. The number of hydrogen-bond acceptors (Lipinski definition) is 3. The Morgan fingerprint density at radius 2 is 1.84 bits per heavy atom. The van der Waals surface area contributed by atoms with E-state index < -0.39 is 5.97 Å². The van der Waals surface area contributed by atoms with Crippen LogP contribution in [0.2, 0.25) is 10.0 Å². The molecule has 0 heterocycles. The summed E-state index contributed by atoms with van der Waals surface area (Å²) in [7, 11) is 0. The lowest BCUT2D eigenvalue weighted by molar-refractivity contribution is 0.0735. The van der Waals surface area contributed by atoms with E-state index in [4.69, 9.17) is 33.2 Å². The van der Waals surface area contributed by atoms with Crippen LogP contribution in [0, 0.1) is 11.3 Å². The number of nitrogens with zero attached hydrogens (tertiary/aromatic N) is 1. The highest BCUT2D eigenvalue weighted by molar-refractivity contribution is 6.33. The number of carbonyl (C=O) groups is 1. The minimum absolute atomic E-state index is 0.229. The van der Waals surface area contributed by atoms with Crippen molar-refractivity contribution in [3.05, 3.63) is 63.6 Å². The number of ether oxygens (including phenoxy) is 1. The van der Waals surface area contributed by atoms with E-state index in [-0.39, 0.29) is 16.3 Å². The summed E-state index contributed by atoms with van der Waals surface area (Å²) in [5, 5.41) is 9.29. The number of esters is 1. The molecular weight excluding hydrogens is 285 g/mol. The predicted molar refractivity (Wildman–Crippen MR) is 72.6 cm³/mol. The SMILES string of the molecule is N#Cc1ccc(OC(=O)c2ccccc2Cl)cc1Cl. The largest absolute Gasteiger partial charge is 0.423 e. The molecule has 0 aliphatic heterocycles. The lowest BCUT2D eigenvalue weighted by Gasteiger charge is -2.06. The highest BCUT2D eigenvalue weighted by Crippen LogP contribution is 2.23. The van der Waals surface area contributed by atoms with Crippen LogP contribution in [-0.2, 0) is 0 Å². The molecule has 0 unspecified atom stereocenters. The minimum atomic E-state index is -0.577. The normalized spacial score (nSPS) is 9.74. The molecule has 0 bridgehead atoms. The van der Waals surface area contributed by atoms with E-state index in [1.807, 2.05) is 6.07 Å². The molecule has 0 spiro atoms. The van der Waals surface area contributed by atoms with Crippen molar-refractivity contribution < 1.29 is 9.53 Å². The Kier molecular flexibility index (Phi) is 4.06. The van der Waals surface area contributed by atoms with Gasteiger partial charge in [-0.05, 0) is 24.3 Å². The Hall–Kier alpha value is -2.02. The van der Waals surface area contributed by atoms with Crippen LogP contribution in [-0.4, -0.2) is 5.97 Å². The van der Waals surface area contributed by atoms with Crippen molar-refractivity contribution in [3.8, 4) is 11.8 Å². The first-order valence-electron chi connectivity index (χ1n) is 5.28.